The van der Waals surface area contributed by atoms with Crippen molar-refractivity contribution in [3.63, 3.8) is 0 Å². The number of hydrogen-bond donors (Lipinski definition) is 1. The van der Waals surface area contributed by atoms with Crippen LogP contribution in [0.4, 0.5) is 0 Å². The average Bonchev–Trinajstić information content (AvgIpc) is 2.56. The van der Waals surface area contributed by atoms with Gasteiger partial charge in [0, 0.05) is 37.8 Å². The van der Waals surface area contributed by atoms with E-state index < -0.39 is 0 Å². The van der Waals surface area contributed by atoms with Crippen LogP contribution in [0.5, 0.6) is 0 Å². The molecular formula is C16H30N2O2. The predicted molar refractivity (Wildman–Crippen MR) is 80.1 cm³/mol. The molecule has 0 aromatic rings. The molecule has 1 N–H and O–H groups in total. The monoisotopic (exact) mass is 282 g/mol. The molecule has 0 radical (unpaired) electrons. The lowest BCUT2D eigenvalue weighted by Crippen LogP contribution is -2.60. The minimum Gasteiger partial charge on any atom is -0.380 e. The van der Waals surface area contributed by atoms with Crippen molar-refractivity contribution in [3.05, 3.63) is 0 Å². The summed E-state index contributed by atoms with van der Waals surface area (Å²) in [5.41, 5.74) is 0.388. The van der Waals surface area contributed by atoms with E-state index >= 15 is 0 Å². The van der Waals surface area contributed by atoms with Crippen LogP contribution in [0, 0.1) is 0 Å². The van der Waals surface area contributed by atoms with E-state index in [0.717, 1.165) is 46.1 Å². The highest BCUT2D eigenvalue weighted by molar-refractivity contribution is 4.96. The van der Waals surface area contributed by atoms with Gasteiger partial charge < -0.3 is 14.8 Å². The predicted octanol–water partition coefficient (Wildman–Crippen LogP) is 1.79. The Balaban J connectivity index is 1.59. The molecule has 0 spiro atoms. The molecule has 0 bridgehead atoms. The Labute approximate surface area is 123 Å². The summed E-state index contributed by atoms with van der Waals surface area (Å²) in [5.74, 6) is 0. The quantitative estimate of drug-likeness (QED) is 0.852. The molecule has 1 atom stereocenters. The first-order chi connectivity index (χ1) is 9.89. The molecular weight excluding hydrogens is 252 g/mol. The van der Waals surface area contributed by atoms with Crippen LogP contribution in [-0.2, 0) is 9.47 Å². The van der Waals surface area contributed by atoms with Crippen LogP contribution < -0.4 is 5.32 Å². The number of rotatable bonds is 4. The van der Waals surface area contributed by atoms with Gasteiger partial charge in [-0.05, 0) is 25.7 Å². The summed E-state index contributed by atoms with van der Waals surface area (Å²) in [4.78, 5) is 2.71. The first kappa shape index (κ1) is 14.8. The highest BCUT2D eigenvalue weighted by Gasteiger charge is 2.38. The number of nitrogens with one attached hydrogen (secondary N) is 1. The van der Waals surface area contributed by atoms with Crippen LogP contribution in [0.1, 0.15) is 44.9 Å². The fourth-order valence-corrected chi connectivity index (χ4v) is 4.09. The third-order valence-electron chi connectivity index (χ3n) is 5.35. The SMILES string of the molecule is C1CCC(CN[C@H]2CCCOC2)(N2CCOCC2)CC1. The summed E-state index contributed by atoms with van der Waals surface area (Å²) in [6.45, 7) is 7.04. The molecule has 3 aliphatic rings. The Morgan fingerprint density at radius 1 is 0.950 bits per heavy atom. The molecule has 1 aliphatic carbocycles. The molecule has 2 saturated heterocycles. The molecule has 3 fully saturated rings. The van der Waals surface area contributed by atoms with Crippen LogP contribution >= 0.6 is 0 Å². The third kappa shape index (κ3) is 3.53. The summed E-state index contributed by atoms with van der Waals surface area (Å²) in [6, 6.07) is 0.573. The number of nitrogens with zero attached hydrogens (tertiary/aromatic N) is 1. The van der Waals surface area contributed by atoms with Crippen LogP contribution in [0.25, 0.3) is 0 Å². The standard InChI is InChI=1S/C16H30N2O2/c1-2-6-16(7-3-1,18-8-11-19-12-9-18)14-17-15-5-4-10-20-13-15/h15,17H,1-14H2/t15-/m0/s1. The highest BCUT2D eigenvalue weighted by atomic mass is 16.5. The summed E-state index contributed by atoms with van der Waals surface area (Å²) < 4.78 is 11.2. The zero-order chi connectivity index (χ0) is 13.7. The molecule has 2 heterocycles. The smallest absolute Gasteiger partial charge is 0.0619 e. The first-order valence-electron chi connectivity index (χ1n) is 8.53. The first-order valence-corrected chi connectivity index (χ1v) is 8.53. The molecule has 4 heteroatoms. The maximum atomic E-state index is 5.60. The Morgan fingerprint density at radius 2 is 1.75 bits per heavy atom. The molecule has 1 saturated carbocycles. The van der Waals surface area contributed by atoms with E-state index in [1.54, 1.807) is 0 Å². The van der Waals surface area contributed by atoms with Gasteiger partial charge in [0.1, 0.15) is 0 Å². The minimum atomic E-state index is 0.388. The molecule has 20 heavy (non-hydrogen) atoms. The van der Waals surface area contributed by atoms with Crippen molar-refractivity contribution in [2.24, 2.45) is 0 Å². The van der Waals surface area contributed by atoms with E-state index in [1.807, 2.05) is 0 Å². The van der Waals surface area contributed by atoms with Gasteiger partial charge in [-0.2, -0.15) is 0 Å². The molecule has 0 aromatic carbocycles. The number of morpholine rings is 1. The van der Waals surface area contributed by atoms with Gasteiger partial charge >= 0.3 is 0 Å². The Kier molecular flexibility index (Phi) is 5.32. The summed E-state index contributed by atoms with van der Waals surface area (Å²) in [5, 5.41) is 3.82. The summed E-state index contributed by atoms with van der Waals surface area (Å²) in [6.07, 6.45) is 9.39. The van der Waals surface area contributed by atoms with E-state index in [-0.39, 0.29) is 0 Å². The normalized spacial score (nSPS) is 32.1. The fraction of sp³-hybridized carbons (Fsp3) is 1.00. The fourth-order valence-electron chi connectivity index (χ4n) is 4.09. The van der Waals surface area contributed by atoms with Gasteiger partial charge in [-0.3, -0.25) is 4.90 Å². The zero-order valence-corrected chi connectivity index (χ0v) is 12.7. The van der Waals surface area contributed by atoms with Gasteiger partial charge in [-0.25, -0.2) is 0 Å². The molecule has 0 aromatic heterocycles. The minimum absolute atomic E-state index is 0.388. The summed E-state index contributed by atoms with van der Waals surface area (Å²) >= 11 is 0. The molecule has 2 aliphatic heterocycles. The lowest BCUT2D eigenvalue weighted by molar-refractivity contribution is -0.0399. The largest absolute Gasteiger partial charge is 0.380 e. The van der Waals surface area contributed by atoms with Gasteiger partial charge in [0.2, 0.25) is 0 Å². The second kappa shape index (κ2) is 7.21. The van der Waals surface area contributed by atoms with Crippen molar-refractivity contribution in [1.82, 2.24) is 10.2 Å². The Hall–Kier alpha value is -0.160. The lowest BCUT2D eigenvalue weighted by atomic mass is 9.79. The van der Waals surface area contributed by atoms with Crippen molar-refractivity contribution in [2.45, 2.75) is 56.5 Å². The third-order valence-corrected chi connectivity index (χ3v) is 5.35. The van der Waals surface area contributed by atoms with Crippen LogP contribution in [0.3, 0.4) is 0 Å². The van der Waals surface area contributed by atoms with Crippen LogP contribution in [-0.4, -0.2) is 62.5 Å². The van der Waals surface area contributed by atoms with Crippen molar-refractivity contribution in [2.75, 3.05) is 46.1 Å². The van der Waals surface area contributed by atoms with Crippen molar-refractivity contribution in [3.8, 4) is 0 Å². The van der Waals surface area contributed by atoms with E-state index in [4.69, 9.17) is 9.47 Å². The van der Waals surface area contributed by atoms with Gasteiger partial charge in [0.15, 0.2) is 0 Å². The molecule has 0 amide bonds. The van der Waals surface area contributed by atoms with Gasteiger partial charge in [0.05, 0.1) is 19.8 Å². The maximum absolute atomic E-state index is 5.60. The second-order valence-corrected chi connectivity index (χ2v) is 6.68. The van der Waals surface area contributed by atoms with E-state index in [2.05, 4.69) is 10.2 Å². The van der Waals surface area contributed by atoms with Crippen LogP contribution in [0.2, 0.25) is 0 Å². The second-order valence-electron chi connectivity index (χ2n) is 6.68. The molecule has 0 unspecified atom stereocenters. The zero-order valence-electron chi connectivity index (χ0n) is 12.7. The maximum Gasteiger partial charge on any atom is 0.0619 e. The number of hydrogen-bond acceptors (Lipinski definition) is 4. The van der Waals surface area contributed by atoms with E-state index in [0.29, 0.717) is 11.6 Å². The van der Waals surface area contributed by atoms with Gasteiger partial charge in [0.25, 0.3) is 0 Å². The van der Waals surface area contributed by atoms with E-state index in [1.165, 1.54) is 44.9 Å². The van der Waals surface area contributed by atoms with Crippen molar-refractivity contribution >= 4 is 0 Å². The molecule has 116 valence electrons. The summed E-state index contributed by atoms with van der Waals surface area (Å²) in [7, 11) is 0. The number of ether oxygens (including phenoxy) is 2. The van der Waals surface area contributed by atoms with Crippen molar-refractivity contribution < 1.29 is 9.47 Å². The molecule has 3 rings (SSSR count). The Bertz CT molecular complexity index is 280. The lowest BCUT2D eigenvalue weighted by Gasteiger charge is -2.49. The van der Waals surface area contributed by atoms with Gasteiger partial charge in [-0.15, -0.1) is 0 Å². The molecule has 4 nitrogen and oxygen atoms in total. The van der Waals surface area contributed by atoms with Crippen molar-refractivity contribution in [1.29, 1.82) is 0 Å². The van der Waals surface area contributed by atoms with Gasteiger partial charge in [-0.1, -0.05) is 19.3 Å². The average molecular weight is 282 g/mol. The van der Waals surface area contributed by atoms with E-state index in [9.17, 15) is 0 Å². The highest BCUT2D eigenvalue weighted by Crippen LogP contribution is 2.34. The Morgan fingerprint density at radius 3 is 2.45 bits per heavy atom. The topological polar surface area (TPSA) is 33.7 Å². The van der Waals surface area contributed by atoms with Crippen LogP contribution in [0.15, 0.2) is 0 Å².